The summed E-state index contributed by atoms with van der Waals surface area (Å²) in [6.07, 6.45) is 9.16. The Bertz CT molecular complexity index is 534. The van der Waals surface area contributed by atoms with Crippen molar-refractivity contribution in [3.63, 3.8) is 0 Å². The van der Waals surface area contributed by atoms with Crippen LogP contribution in [0.3, 0.4) is 0 Å². The molecule has 0 aromatic heterocycles. The second-order valence-electron chi connectivity index (χ2n) is 6.65. The van der Waals surface area contributed by atoms with E-state index in [9.17, 15) is 0 Å². The van der Waals surface area contributed by atoms with Gasteiger partial charge in [-0.1, -0.05) is 39.7 Å². The van der Waals surface area contributed by atoms with E-state index in [-0.39, 0.29) is 0 Å². The van der Waals surface area contributed by atoms with Crippen LogP contribution >= 0.6 is 15.9 Å². The third-order valence-electron chi connectivity index (χ3n) is 4.65. The Morgan fingerprint density at radius 2 is 2.18 bits per heavy atom. The largest absolute Gasteiger partial charge is 0.377 e. The molecule has 1 saturated heterocycles. The van der Waals surface area contributed by atoms with Gasteiger partial charge in [-0.05, 0) is 56.2 Å². The van der Waals surface area contributed by atoms with Crippen LogP contribution in [-0.2, 0) is 11.3 Å². The van der Waals surface area contributed by atoms with Gasteiger partial charge < -0.3 is 4.74 Å². The minimum atomic E-state index is 0.422. The molecule has 2 nitrogen and oxygen atoms in total. The molecular weight excluding hydrogens is 338 g/mol. The third kappa shape index (κ3) is 4.43. The van der Waals surface area contributed by atoms with Gasteiger partial charge in [0.1, 0.15) is 0 Å². The van der Waals surface area contributed by atoms with E-state index in [1.807, 2.05) is 0 Å². The van der Waals surface area contributed by atoms with E-state index in [4.69, 9.17) is 4.74 Å². The molecule has 1 aromatic carbocycles. The van der Waals surface area contributed by atoms with Gasteiger partial charge in [0.05, 0.1) is 6.10 Å². The minimum absolute atomic E-state index is 0.422. The standard InChI is InChI=1S/C19H26BrNO/c1-15-8-9-17(19(20)11-15)13-21(12-16-5-2-3-6-16)14-18-7-4-10-22-18/h5,8-9,11,18H,2-4,6-7,10,12-14H2,1H3. The van der Waals surface area contributed by atoms with E-state index in [1.54, 1.807) is 5.57 Å². The summed E-state index contributed by atoms with van der Waals surface area (Å²) in [5, 5.41) is 0. The van der Waals surface area contributed by atoms with Crippen LogP contribution in [0, 0.1) is 6.92 Å². The van der Waals surface area contributed by atoms with Crippen LogP contribution < -0.4 is 0 Å². The molecule has 0 spiro atoms. The van der Waals surface area contributed by atoms with E-state index in [2.05, 4.69) is 52.0 Å². The Morgan fingerprint density at radius 1 is 1.27 bits per heavy atom. The Morgan fingerprint density at radius 3 is 2.86 bits per heavy atom. The smallest absolute Gasteiger partial charge is 0.0703 e. The molecular formula is C19H26BrNO. The highest BCUT2D eigenvalue weighted by atomic mass is 79.9. The average Bonchev–Trinajstić information content (AvgIpc) is 3.15. The van der Waals surface area contributed by atoms with E-state index in [0.29, 0.717) is 6.10 Å². The van der Waals surface area contributed by atoms with Gasteiger partial charge in [-0.25, -0.2) is 0 Å². The Kier molecular flexibility index (Phi) is 5.72. The average molecular weight is 364 g/mol. The molecule has 1 aliphatic carbocycles. The molecule has 0 bridgehead atoms. The van der Waals surface area contributed by atoms with Gasteiger partial charge in [-0.3, -0.25) is 4.90 Å². The summed E-state index contributed by atoms with van der Waals surface area (Å²) in [6.45, 7) is 6.23. The number of allylic oxidation sites excluding steroid dienone is 1. The van der Waals surface area contributed by atoms with Crippen molar-refractivity contribution in [2.24, 2.45) is 0 Å². The van der Waals surface area contributed by atoms with E-state index < -0.39 is 0 Å². The van der Waals surface area contributed by atoms with Gasteiger partial charge in [-0.2, -0.15) is 0 Å². The van der Waals surface area contributed by atoms with Gasteiger partial charge in [0.15, 0.2) is 0 Å². The molecule has 3 rings (SSSR count). The number of ether oxygens (including phenoxy) is 1. The summed E-state index contributed by atoms with van der Waals surface area (Å²) in [5.74, 6) is 0. The highest BCUT2D eigenvalue weighted by Crippen LogP contribution is 2.24. The molecule has 1 atom stereocenters. The molecule has 0 amide bonds. The summed E-state index contributed by atoms with van der Waals surface area (Å²) in [6, 6.07) is 6.68. The molecule has 2 aliphatic rings. The fourth-order valence-electron chi connectivity index (χ4n) is 3.45. The van der Waals surface area contributed by atoms with Gasteiger partial charge in [0.25, 0.3) is 0 Å². The van der Waals surface area contributed by atoms with Crippen molar-refractivity contribution in [1.29, 1.82) is 0 Å². The molecule has 1 unspecified atom stereocenters. The zero-order chi connectivity index (χ0) is 15.4. The van der Waals surface area contributed by atoms with Crippen LogP contribution in [0.2, 0.25) is 0 Å². The Hall–Kier alpha value is -0.640. The highest BCUT2D eigenvalue weighted by molar-refractivity contribution is 9.10. The summed E-state index contributed by atoms with van der Waals surface area (Å²) < 4.78 is 7.09. The summed E-state index contributed by atoms with van der Waals surface area (Å²) >= 11 is 3.73. The molecule has 120 valence electrons. The first kappa shape index (κ1) is 16.2. The van der Waals surface area contributed by atoms with Crippen molar-refractivity contribution in [2.45, 2.75) is 51.7 Å². The lowest BCUT2D eigenvalue weighted by atomic mass is 10.1. The lowest BCUT2D eigenvalue weighted by Gasteiger charge is -2.26. The molecule has 3 heteroatoms. The number of rotatable bonds is 6. The Labute approximate surface area is 142 Å². The normalized spacial score (nSPS) is 21.6. The SMILES string of the molecule is Cc1ccc(CN(CC2=CCCC2)CC2CCCO2)c(Br)c1. The van der Waals surface area contributed by atoms with Gasteiger partial charge >= 0.3 is 0 Å². The number of benzene rings is 1. The molecule has 0 N–H and O–H groups in total. The van der Waals surface area contributed by atoms with E-state index >= 15 is 0 Å². The number of hydrogen-bond acceptors (Lipinski definition) is 2. The Balaban J connectivity index is 1.68. The number of halogens is 1. The summed E-state index contributed by atoms with van der Waals surface area (Å²) in [7, 11) is 0. The van der Waals surface area contributed by atoms with Crippen molar-refractivity contribution in [2.75, 3.05) is 19.7 Å². The van der Waals surface area contributed by atoms with Gasteiger partial charge in [0, 0.05) is 30.7 Å². The zero-order valence-electron chi connectivity index (χ0n) is 13.5. The first-order valence-corrected chi connectivity index (χ1v) is 9.27. The predicted molar refractivity (Wildman–Crippen MR) is 95.1 cm³/mol. The second-order valence-corrected chi connectivity index (χ2v) is 7.51. The van der Waals surface area contributed by atoms with Gasteiger partial charge in [0.2, 0.25) is 0 Å². The summed E-state index contributed by atoms with van der Waals surface area (Å²) in [5.41, 5.74) is 4.29. The molecule has 1 heterocycles. The van der Waals surface area contributed by atoms with Crippen molar-refractivity contribution < 1.29 is 4.74 Å². The lowest BCUT2D eigenvalue weighted by Crippen LogP contribution is -2.33. The van der Waals surface area contributed by atoms with Crippen molar-refractivity contribution in [3.8, 4) is 0 Å². The fourth-order valence-corrected chi connectivity index (χ4v) is 4.07. The quantitative estimate of drug-likeness (QED) is 0.669. The number of hydrogen-bond donors (Lipinski definition) is 0. The van der Waals surface area contributed by atoms with Crippen LogP contribution in [0.1, 0.15) is 43.2 Å². The van der Waals surface area contributed by atoms with Crippen LogP contribution in [-0.4, -0.2) is 30.7 Å². The maximum atomic E-state index is 5.86. The van der Waals surface area contributed by atoms with Gasteiger partial charge in [-0.15, -0.1) is 0 Å². The van der Waals surface area contributed by atoms with Crippen molar-refractivity contribution in [1.82, 2.24) is 4.90 Å². The zero-order valence-corrected chi connectivity index (χ0v) is 15.1. The van der Waals surface area contributed by atoms with E-state index in [1.165, 1.54) is 47.7 Å². The van der Waals surface area contributed by atoms with Crippen LogP contribution in [0.4, 0.5) is 0 Å². The lowest BCUT2D eigenvalue weighted by molar-refractivity contribution is 0.0736. The highest BCUT2D eigenvalue weighted by Gasteiger charge is 2.21. The molecule has 22 heavy (non-hydrogen) atoms. The van der Waals surface area contributed by atoms with Crippen LogP contribution in [0.25, 0.3) is 0 Å². The summed E-state index contributed by atoms with van der Waals surface area (Å²) in [4.78, 5) is 2.57. The maximum absolute atomic E-state index is 5.86. The monoisotopic (exact) mass is 363 g/mol. The predicted octanol–water partition coefficient (Wildman–Crippen LogP) is 4.85. The second kappa shape index (κ2) is 7.76. The fraction of sp³-hybridized carbons (Fsp3) is 0.579. The van der Waals surface area contributed by atoms with Crippen LogP contribution in [0.5, 0.6) is 0 Å². The molecule has 1 aliphatic heterocycles. The number of nitrogens with zero attached hydrogens (tertiary/aromatic N) is 1. The number of aryl methyl sites for hydroxylation is 1. The molecule has 0 saturated carbocycles. The third-order valence-corrected chi connectivity index (χ3v) is 5.39. The van der Waals surface area contributed by atoms with E-state index in [0.717, 1.165) is 26.2 Å². The topological polar surface area (TPSA) is 12.5 Å². The minimum Gasteiger partial charge on any atom is -0.377 e. The maximum Gasteiger partial charge on any atom is 0.0703 e. The molecule has 0 radical (unpaired) electrons. The van der Waals surface area contributed by atoms with Crippen molar-refractivity contribution in [3.05, 3.63) is 45.4 Å². The first-order valence-electron chi connectivity index (χ1n) is 8.47. The molecule has 1 fully saturated rings. The van der Waals surface area contributed by atoms with Crippen molar-refractivity contribution >= 4 is 15.9 Å². The first-order chi connectivity index (χ1) is 10.7. The molecule has 1 aromatic rings. The van der Waals surface area contributed by atoms with Crippen LogP contribution in [0.15, 0.2) is 34.3 Å².